The van der Waals surface area contributed by atoms with Crippen LogP contribution in [0.4, 0.5) is 10.1 Å². The molecule has 0 radical (unpaired) electrons. The molecule has 10 rings (SSSR count). The summed E-state index contributed by atoms with van der Waals surface area (Å²) in [6.45, 7) is 4.75. The summed E-state index contributed by atoms with van der Waals surface area (Å²) >= 11 is 12.9. The zero-order valence-electron chi connectivity index (χ0n) is 37.2. The molecule has 14 heteroatoms. The van der Waals surface area contributed by atoms with Crippen molar-refractivity contribution in [3.05, 3.63) is 104 Å². The number of nitrogens with one attached hydrogen (secondary N) is 4. The second-order valence-electron chi connectivity index (χ2n) is 19.9. The van der Waals surface area contributed by atoms with Crippen molar-refractivity contribution in [2.75, 3.05) is 38.0 Å². The summed E-state index contributed by atoms with van der Waals surface area (Å²) in [6.07, 6.45) is 16.7. The number of amides is 3. The minimum absolute atomic E-state index is 0.0724. The van der Waals surface area contributed by atoms with Gasteiger partial charge in [-0.25, -0.2) is 9.18 Å². The number of rotatable bonds is 10. The Morgan fingerprint density at radius 2 is 1.62 bits per heavy atom. The number of fused-ring (bicyclic) bond motifs is 4. The molecule has 5 heterocycles. The summed E-state index contributed by atoms with van der Waals surface area (Å²) < 4.78 is 19.5. The van der Waals surface area contributed by atoms with Crippen LogP contribution in [0.1, 0.15) is 112 Å². The van der Waals surface area contributed by atoms with Crippen LogP contribution in [0.25, 0.3) is 17.1 Å². The van der Waals surface area contributed by atoms with E-state index in [0.29, 0.717) is 46.8 Å². The van der Waals surface area contributed by atoms with Gasteiger partial charge in [0.15, 0.2) is 0 Å². The maximum atomic E-state index is 16.3. The molecule has 2 saturated carbocycles. The third-order valence-electron chi connectivity index (χ3n) is 16.2. The number of benzene rings is 3. The van der Waals surface area contributed by atoms with Crippen molar-refractivity contribution in [2.45, 2.75) is 112 Å². The molecular formula is C51H60Cl2FN7O4. The smallest absolute Gasteiger partial charge is 0.325 e. The van der Waals surface area contributed by atoms with Crippen LogP contribution in [0, 0.1) is 23.6 Å². The first-order valence-corrected chi connectivity index (χ1v) is 24.7. The molecule has 344 valence electrons. The molecule has 3 amide bonds. The number of nitrogens with zero attached hydrogens (tertiary/aromatic N) is 3. The molecule has 6 aliphatic rings. The molecule has 4 N–H and O–H groups in total. The molecule has 65 heavy (non-hydrogen) atoms. The van der Waals surface area contributed by atoms with Gasteiger partial charge in [0.25, 0.3) is 0 Å². The summed E-state index contributed by atoms with van der Waals surface area (Å²) in [6, 6.07) is 15.8. The van der Waals surface area contributed by atoms with Gasteiger partial charge in [-0.1, -0.05) is 84.9 Å². The normalized spacial score (nSPS) is 28.4. The molecule has 2 aliphatic carbocycles. The highest BCUT2D eigenvalue weighted by atomic mass is 35.5. The minimum atomic E-state index is -1.02. The summed E-state index contributed by atoms with van der Waals surface area (Å²) in [5.41, 5.74) is 2.75. The maximum Gasteiger partial charge on any atom is 0.329 e. The highest BCUT2D eigenvalue weighted by Gasteiger charge is 2.71. The lowest BCUT2D eigenvalue weighted by atomic mass is 9.55. The Kier molecular flexibility index (Phi) is 12.4. The van der Waals surface area contributed by atoms with Crippen LogP contribution in [0.15, 0.2) is 65.5 Å². The van der Waals surface area contributed by atoms with E-state index in [9.17, 15) is 19.2 Å². The van der Waals surface area contributed by atoms with Crippen LogP contribution in [-0.2, 0) is 26.8 Å². The van der Waals surface area contributed by atoms with Crippen LogP contribution >= 0.6 is 23.2 Å². The monoisotopic (exact) mass is 923 g/mol. The minimum Gasteiger partial charge on any atom is -0.325 e. The van der Waals surface area contributed by atoms with Crippen molar-refractivity contribution >= 4 is 63.7 Å². The Morgan fingerprint density at radius 3 is 2.38 bits per heavy atom. The lowest BCUT2D eigenvalue weighted by molar-refractivity contribution is -0.135. The van der Waals surface area contributed by atoms with E-state index in [2.05, 4.69) is 38.3 Å². The molecule has 2 spiro atoms. The molecule has 3 saturated heterocycles. The third kappa shape index (κ3) is 7.88. The molecule has 1 unspecified atom stereocenters. The molecule has 4 aliphatic heterocycles. The van der Waals surface area contributed by atoms with Gasteiger partial charge >= 0.3 is 5.69 Å². The lowest BCUT2D eigenvalue weighted by Crippen LogP contribution is -2.60. The van der Waals surface area contributed by atoms with E-state index >= 15 is 4.39 Å². The first-order chi connectivity index (χ1) is 31.5. The van der Waals surface area contributed by atoms with E-state index in [1.165, 1.54) is 25.7 Å². The van der Waals surface area contributed by atoms with Gasteiger partial charge in [0.2, 0.25) is 17.7 Å². The van der Waals surface area contributed by atoms with Crippen molar-refractivity contribution in [2.24, 2.45) is 24.8 Å². The number of imide groups is 1. The van der Waals surface area contributed by atoms with E-state index in [0.717, 1.165) is 93.5 Å². The zero-order chi connectivity index (χ0) is 45.0. The topological polar surface area (TPSA) is 130 Å². The Hall–Kier alpha value is -4.33. The number of aryl methyl sites for hydroxylation is 1. The van der Waals surface area contributed by atoms with Crippen LogP contribution in [-0.4, -0.2) is 76.1 Å². The average Bonchev–Trinajstić information content (AvgIpc) is 3.85. The largest absolute Gasteiger partial charge is 0.329 e. The number of aromatic nitrogens is 2. The third-order valence-corrected chi connectivity index (χ3v) is 16.8. The van der Waals surface area contributed by atoms with E-state index in [1.54, 1.807) is 28.3 Å². The standard InChI is InChI=1S/C51H60Cl2FN7O4/c1-59-46-34(7-5-10-41(46)61(49(59)65)42-19-20-43(62)57-47(42)63)16-15-31-21-25-60(26-22-31)30-33-13-11-32(12-14-33)28-55-29-40-44(36-8-6-9-38(53)45(36)54)51(50(58-40)23-3-2-4-24-50)37-18-17-35(52)27-39(37)56-48(51)64/h5-10,15-18,27,31-33,40,42,44,55,58H,2-4,11-14,19-26,28-30H2,1H3,(H,56,64)(H,57,62,63)/b16-15+/t32?,33?,40-,42?,44-,51+/m0/s1. The molecule has 4 aromatic rings. The van der Waals surface area contributed by atoms with Gasteiger partial charge < -0.3 is 20.9 Å². The number of piperidine rings is 2. The fourth-order valence-electron chi connectivity index (χ4n) is 13.1. The molecule has 3 aromatic carbocycles. The van der Waals surface area contributed by atoms with Crippen molar-refractivity contribution in [3.63, 3.8) is 0 Å². The number of hydrogen-bond donors (Lipinski definition) is 4. The van der Waals surface area contributed by atoms with Crippen molar-refractivity contribution in [1.29, 1.82) is 0 Å². The Morgan fingerprint density at radius 1 is 0.862 bits per heavy atom. The number of hydrogen-bond acceptors (Lipinski definition) is 7. The molecule has 5 fully saturated rings. The quantitative estimate of drug-likeness (QED) is 0.118. The van der Waals surface area contributed by atoms with Crippen LogP contribution in [0.3, 0.4) is 0 Å². The summed E-state index contributed by atoms with van der Waals surface area (Å²) in [5.74, 6) is -0.0504. The van der Waals surface area contributed by atoms with E-state index in [4.69, 9.17) is 23.2 Å². The van der Waals surface area contributed by atoms with Gasteiger partial charge in [-0.2, -0.15) is 0 Å². The van der Waals surface area contributed by atoms with Crippen LogP contribution in [0.2, 0.25) is 10.0 Å². The summed E-state index contributed by atoms with van der Waals surface area (Å²) in [7, 11) is 1.75. The molecule has 1 aromatic heterocycles. The van der Waals surface area contributed by atoms with Gasteiger partial charge in [-0.15, -0.1) is 0 Å². The Balaban J connectivity index is 0.748. The summed E-state index contributed by atoms with van der Waals surface area (Å²) in [5, 5.41) is 14.1. The molecule has 11 nitrogen and oxygen atoms in total. The highest BCUT2D eigenvalue weighted by molar-refractivity contribution is 6.31. The van der Waals surface area contributed by atoms with Gasteiger partial charge in [-0.3, -0.25) is 28.8 Å². The number of carbonyl (C=O) groups is 3. The number of allylic oxidation sites excluding steroid dienone is 1. The summed E-state index contributed by atoms with van der Waals surface area (Å²) in [4.78, 5) is 55.2. The predicted octanol–water partition coefficient (Wildman–Crippen LogP) is 8.23. The fraction of sp³-hybridized carbons (Fsp3) is 0.529. The van der Waals surface area contributed by atoms with Crippen molar-refractivity contribution in [3.8, 4) is 0 Å². The number of likely N-dealkylation sites (tertiary alicyclic amines) is 1. The zero-order valence-corrected chi connectivity index (χ0v) is 38.7. The number of para-hydroxylation sites is 1. The van der Waals surface area contributed by atoms with Crippen molar-refractivity contribution < 1.29 is 18.8 Å². The second-order valence-corrected chi connectivity index (χ2v) is 20.7. The molecule has 0 bridgehead atoms. The number of carbonyl (C=O) groups excluding carboxylic acids is 3. The second kappa shape index (κ2) is 18.1. The average molecular weight is 925 g/mol. The number of halogens is 3. The fourth-order valence-corrected chi connectivity index (χ4v) is 13.5. The SMILES string of the molecule is Cn1c(=O)n(C2CCC(=O)NC2=O)c2cccc(/C=C/C3CCN(CC4CCC(CNC[C@@H]5NC6(CCCCC6)[C@@]6(C(=O)Nc7cc(Cl)ccc76)[C@H]5c5cccc(Cl)c5F)CC4)CC3)c21. The first-order valence-electron chi connectivity index (χ1n) is 24.0. The van der Waals surface area contributed by atoms with Crippen LogP contribution in [0.5, 0.6) is 0 Å². The Labute approximate surface area is 389 Å². The molecular weight excluding hydrogens is 865 g/mol. The first kappa shape index (κ1) is 44.5. The highest BCUT2D eigenvalue weighted by Crippen LogP contribution is 2.62. The predicted molar refractivity (Wildman–Crippen MR) is 254 cm³/mol. The van der Waals surface area contributed by atoms with Gasteiger partial charge in [0, 0.05) is 60.3 Å². The van der Waals surface area contributed by atoms with Gasteiger partial charge in [0.05, 0.1) is 16.1 Å². The number of anilines is 1. The lowest BCUT2D eigenvalue weighted by Gasteiger charge is -2.47. The van der Waals surface area contributed by atoms with Gasteiger partial charge in [0.1, 0.15) is 17.3 Å². The van der Waals surface area contributed by atoms with Gasteiger partial charge in [-0.05, 0) is 131 Å². The van der Waals surface area contributed by atoms with E-state index < -0.39 is 34.6 Å². The van der Waals surface area contributed by atoms with E-state index in [1.807, 2.05) is 42.5 Å². The molecule has 4 atom stereocenters. The van der Waals surface area contributed by atoms with Crippen LogP contribution < -0.4 is 27.0 Å². The Bertz CT molecular complexity index is 2590. The van der Waals surface area contributed by atoms with E-state index in [-0.39, 0.29) is 35.0 Å². The maximum absolute atomic E-state index is 16.3. The number of imidazole rings is 1. The van der Waals surface area contributed by atoms with Crippen molar-refractivity contribution in [1.82, 2.24) is 30.0 Å².